The van der Waals surface area contributed by atoms with Crippen molar-refractivity contribution in [1.82, 2.24) is 5.32 Å². The van der Waals surface area contributed by atoms with Gasteiger partial charge in [-0.05, 0) is 25.2 Å². The van der Waals surface area contributed by atoms with Crippen LogP contribution in [0.4, 0.5) is 0 Å². The zero-order valence-electron chi connectivity index (χ0n) is 10.4. The predicted octanol–water partition coefficient (Wildman–Crippen LogP) is 1.70. The normalized spacial score (nSPS) is 26.6. The Morgan fingerprint density at radius 1 is 1.38 bits per heavy atom. The molecule has 2 rings (SSSR count). The Kier molecular flexibility index (Phi) is 4.22. The van der Waals surface area contributed by atoms with E-state index in [2.05, 4.69) is 12.2 Å². The molecule has 0 radical (unpaired) electrons. The molecule has 0 aromatic heterocycles. The zero-order chi connectivity index (χ0) is 11.4. The molecule has 2 aliphatic rings. The van der Waals surface area contributed by atoms with Crippen LogP contribution in [0.15, 0.2) is 0 Å². The minimum atomic E-state index is -0.515. The van der Waals surface area contributed by atoms with Gasteiger partial charge in [0.05, 0.1) is 5.60 Å². The summed E-state index contributed by atoms with van der Waals surface area (Å²) in [6.45, 7) is 4.40. The standard InChI is InChI=1S/C13H25NO2/c1-2-3-12(11-4-5-11)14-10-13(15)6-8-16-9-7-13/h11-12,14-15H,2-10H2,1H3. The van der Waals surface area contributed by atoms with Gasteiger partial charge in [-0.15, -0.1) is 0 Å². The van der Waals surface area contributed by atoms with E-state index in [0.29, 0.717) is 19.3 Å². The second kappa shape index (κ2) is 5.48. The van der Waals surface area contributed by atoms with Gasteiger partial charge < -0.3 is 15.2 Å². The molecule has 94 valence electrons. The van der Waals surface area contributed by atoms with Gasteiger partial charge in [0.15, 0.2) is 0 Å². The first kappa shape index (κ1) is 12.3. The molecule has 1 saturated carbocycles. The highest BCUT2D eigenvalue weighted by Crippen LogP contribution is 2.34. The number of nitrogens with one attached hydrogen (secondary N) is 1. The second-order valence-electron chi connectivity index (χ2n) is 5.45. The molecule has 16 heavy (non-hydrogen) atoms. The van der Waals surface area contributed by atoms with Crippen molar-refractivity contribution >= 4 is 0 Å². The van der Waals surface area contributed by atoms with Gasteiger partial charge in [0, 0.05) is 38.6 Å². The molecule has 2 fully saturated rings. The van der Waals surface area contributed by atoms with Crippen LogP contribution in [0.5, 0.6) is 0 Å². The van der Waals surface area contributed by atoms with Gasteiger partial charge in [-0.25, -0.2) is 0 Å². The first-order chi connectivity index (χ1) is 7.73. The van der Waals surface area contributed by atoms with E-state index in [1.165, 1.54) is 25.7 Å². The molecule has 0 aromatic rings. The lowest BCUT2D eigenvalue weighted by molar-refractivity contribution is -0.0631. The van der Waals surface area contributed by atoms with Crippen LogP contribution in [-0.2, 0) is 4.74 Å². The molecule has 0 bridgehead atoms. The van der Waals surface area contributed by atoms with Gasteiger partial charge >= 0.3 is 0 Å². The maximum absolute atomic E-state index is 10.3. The molecule has 1 aliphatic carbocycles. The Labute approximate surface area is 98.6 Å². The van der Waals surface area contributed by atoms with E-state index in [4.69, 9.17) is 4.74 Å². The number of aliphatic hydroxyl groups is 1. The molecule has 0 amide bonds. The summed E-state index contributed by atoms with van der Waals surface area (Å²) < 4.78 is 5.29. The van der Waals surface area contributed by atoms with Gasteiger partial charge in [-0.3, -0.25) is 0 Å². The SMILES string of the molecule is CCCC(NCC1(O)CCOCC1)C1CC1. The molecule has 1 heterocycles. The largest absolute Gasteiger partial charge is 0.388 e. The van der Waals surface area contributed by atoms with Crippen molar-refractivity contribution in [2.75, 3.05) is 19.8 Å². The van der Waals surface area contributed by atoms with Crippen molar-refractivity contribution in [3.05, 3.63) is 0 Å². The maximum Gasteiger partial charge on any atom is 0.0815 e. The molecular formula is C13H25NO2. The van der Waals surface area contributed by atoms with E-state index in [1.54, 1.807) is 0 Å². The van der Waals surface area contributed by atoms with Crippen LogP contribution in [0.3, 0.4) is 0 Å². The topological polar surface area (TPSA) is 41.5 Å². The van der Waals surface area contributed by atoms with E-state index in [-0.39, 0.29) is 0 Å². The molecule has 1 saturated heterocycles. The van der Waals surface area contributed by atoms with Gasteiger partial charge in [-0.1, -0.05) is 13.3 Å². The lowest BCUT2D eigenvalue weighted by Crippen LogP contribution is -2.48. The van der Waals surface area contributed by atoms with E-state index in [0.717, 1.165) is 25.3 Å². The van der Waals surface area contributed by atoms with Crippen LogP contribution in [0.25, 0.3) is 0 Å². The fraction of sp³-hybridized carbons (Fsp3) is 1.00. The van der Waals surface area contributed by atoms with E-state index < -0.39 is 5.60 Å². The summed E-state index contributed by atoms with van der Waals surface area (Å²) in [7, 11) is 0. The third-order valence-corrected chi connectivity index (χ3v) is 3.91. The lowest BCUT2D eigenvalue weighted by atomic mass is 9.93. The van der Waals surface area contributed by atoms with Crippen molar-refractivity contribution in [2.45, 2.75) is 57.1 Å². The Morgan fingerprint density at radius 2 is 2.06 bits per heavy atom. The van der Waals surface area contributed by atoms with Gasteiger partial charge in [-0.2, -0.15) is 0 Å². The Hall–Kier alpha value is -0.120. The van der Waals surface area contributed by atoms with E-state index in [9.17, 15) is 5.11 Å². The number of ether oxygens (including phenoxy) is 1. The van der Waals surface area contributed by atoms with Gasteiger partial charge in [0.25, 0.3) is 0 Å². The Morgan fingerprint density at radius 3 is 2.62 bits per heavy atom. The van der Waals surface area contributed by atoms with Crippen molar-refractivity contribution in [2.24, 2.45) is 5.92 Å². The van der Waals surface area contributed by atoms with Crippen molar-refractivity contribution in [3.8, 4) is 0 Å². The van der Waals surface area contributed by atoms with Crippen LogP contribution >= 0.6 is 0 Å². The number of hydrogen-bond donors (Lipinski definition) is 2. The van der Waals surface area contributed by atoms with Crippen molar-refractivity contribution < 1.29 is 9.84 Å². The van der Waals surface area contributed by atoms with Gasteiger partial charge in [0.2, 0.25) is 0 Å². The summed E-state index contributed by atoms with van der Waals surface area (Å²) in [5.41, 5.74) is -0.515. The van der Waals surface area contributed by atoms with Crippen molar-refractivity contribution in [1.29, 1.82) is 0 Å². The molecule has 3 nitrogen and oxygen atoms in total. The zero-order valence-corrected chi connectivity index (χ0v) is 10.4. The summed E-state index contributed by atoms with van der Waals surface area (Å²) in [6.07, 6.45) is 6.79. The Bertz CT molecular complexity index is 210. The number of hydrogen-bond acceptors (Lipinski definition) is 3. The van der Waals surface area contributed by atoms with Crippen LogP contribution < -0.4 is 5.32 Å². The summed E-state index contributed by atoms with van der Waals surface area (Å²) >= 11 is 0. The number of rotatable bonds is 6. The Balaban J connectivity index is 1.75. The van der Waals surface area contributed by atoms with Crippen LogP contribution in [0, 0.1) is 5.92 Å². The molecule has 0 aromatic carbocycles. The smallest absolute Gasteiger partial charge is 0.0815 e. The molecule has 1 atom stereocenters. The highest BCUT2D eigenvalue weighted by molar-refractivity contribution is 4.90. The highest BCUT2D eigenvalue weighted by atomic mass is 16.5. The molecule has 2 N–H and O–H groups in total. The first-order valence-corrected chi connectivity index (χ1v) is 6.77. The average molecular weight is 227 g/mol. The van der Waals surface area contributed by atoms with Crippen LogP contribution in [-0.4, -0.2) is 36.5 Å². The highest BCUT2D eigenvalue weighted by Gasteiger charge is 2.34. The fourth-order valence-electron chi connectivity index (χ4n) is 2.56. The van der Waals surface area contributed by atoms with Crippen LogP contribution in [0.2, 0.25) is 0 Å². The van der Waals surface area contributed by atoms with Crippen molar-refractivity contribution in [3.63, 3.8) is 0 Å². The average Bonchev–Trinajstić information content (AvgIpc) is 3.09. The minimum Gasteiger partial charge on any atom is -0.388 e. The predicted molar refractivity (Wildman–Crippen MR) is 64.4 cm³/mol. The summed E-state index contributed by atoms with van der Waals surface area (Å²) in [5, 5.41) is 13.9. The second-order valence-corrected chi connectivity index (χ2v) is 5.45. The van der Waals surface area contributed by atoms with E-state index in [1.807, 2.05) is 0 Å². The summed E-state index contributed by atoms with van der Waals surface area (Å²) in [4.78, 5) is 0. The molecule has 0 spiro atoms. The third kappa shape index (κ3) is 3.44. The first-order valence-electron chi connectivity index (χ1n) is 6.77. The quantitative estimate of drug-likeness (QED) is 0.725. The monoisotopic (exact) mass is 227 g/mol. The maximum atomic E-state index is 10.3. The minimum absolute atomic E-state index is 0.515. The van der Waals surface area contributed by atoms with E-state index >= 15 is 0 Å². The third-order valence-electron chi connectivity index (χ3n) is 3.91. The molecule has 1 unspecified atom stereocenters. The molecular weight excluding hydrogens is 202 g/mol. The molecule has 3 heteroatoms. The molecule has 1 aliphatic heterocycles. The summed E-state index contributed by atoms with van der Waals surface area (Å²) in [6, 6.07) is 0.636. The van der Waals surface area contributed by atoms with Crippen LogP contribution in [0.1, 0.15) is 45.4 Å². The lowest BCUT2D eigenvalue weighted by Gasteiger charge is -2.34. The van der Waals surface area contributed by atoms with Gasteiger partial charge in [0.1, 0.15) is 0 Å². The summed E-state index contributed by atoms with van der Waals surface area (Å²) in [5.74, 6) is 0.878. The fourth-order valence-corrected chi connectivity index (χ4v) is 2.56.